The summed E-state index contributed by atoms with van der Waals surface area (Å²) in [7, 11) is 0. The minimum Gasteiger partial charge on any atom is -0.462 e. The number of likely N-dealkylation sites (tertiary alicyclic amines) is 1. The number of amides is 1. The van der Waals surface area contributed by atoms with Gasteiger partial charge in [-0.25, -0.2) is 4.79 Å². The molecule has 0 aliphatic carbocycles. The summed E-state index contributed by atoms with van der Waals surface area (Å²) in [5.74, 6) is -0.858. The number of aliphatic hydroxyl groups is 1. The number of rotatable bonds is 14. The number of fused-ring (bicyclic) bond motifs is 3. The smallest absolute Gasteiger partial charge is 0.333 e. The van der Waals surface area contributed by atoms with E-state index in [1.807, 2.05) is 31.2 Å². The van der Waals surface area contributed by atoms with E-state index in [1.54, 1.807) is 11.8 Å². The normalized spacial score (nSPS) is 17.2. The molecule has 5 atom stereocenters. The Morgan fingerprint density at radius 3 is 2.05 bits per heavy atom. The molecule has 0 radical (unpaired) electrons. The lowest BCUT2D eigenvalue weighted by Gasteiger charge is -2.30. The van der Waals surface area contributed by atoms with Gasteiger partial charge in [-0.05, 0) is 45.2 Å². The Morgan fingerprint density at radius 2 is 1.52 bits per heavy atom. The van der Waals surface area contributed by atoms with E-state index in [0.29, 0.717) is 25.8 Å². The molecular weight excluding hydrogens is 532 g/mol. The molecule has 4 rings (SSSR count). The van der Waals surface area contributed by atoms with Crippen molar-refractivity contribution in [1.82, 2.24) is 9.47 Å². The van der Waals surface area contributed by atoms with Gasteiger partial charge in [0.1, 0.15) is 12.2 Å². The number of para-hydroxylation sites is 2. The predicted molar refractivity (Wildman–Crippen MR) is 164 cm³/mol. The molecule has 1 aliphatic rings. The molecule has 1 N–H and O–H groups in total. The Hall–Kier alpha value is -3.65. The number of ether oxygens (including phenoxy) is 2. The zero-order valence-corrected chi connectivity index (χ0v) is 25.3. The third kappa shape index (κ3) is 7.40. The molecule has 1 fully saturated rings. The molecule has 42 heavy (non-hydrogen) atoms. The van der Waals surface area contributed by atoms with Crippen molar-refractivity contribution in [3.8, 4) is 0 Å². The van der Waals surface area contributed by atoms with Crippen LogP contribution in [0.2, 0.25) is 0 Å². The van der Waals surface area contributed by atoms with E-state index in [-0.39, 0.29) is 36.4 Å². The minimum absolute atomic E-state index is 0.0122. The number of benzene rings is 2. The van der Waals surface area contributed by atoms with Gasteiger partial charge in [0.05, 0.1) is 6.10 Å². The van der Waals surface area contributed by atoms with Gasteiger partial charge in [0.15, 0.2) is 0 Å². The molecule has 8 nitrogen and oxygen atoms in total. The second-order valence-electron chi connectivity index (χ2n) is 11.6. The average Bonchev–Trinajstić information content (AvgIpc) is 3.52. The average molecular weight is 577 g/mol. The Balaban J connectivity index is 1.58. The molecule has 0 bridgehead atoms. The van der Waals surface area contributed by atoms with Crippen molar-refractivity contribution in [1.29, 1.82) is 0 Å². The lowest BCUT2D eigenvalue weighted by molar-refractivity contribution is -0.153. The number of hydrogen-bond donors (Lipinski definition) is 1. The fourth-order valence-corrected chi connectivity index (χ4v) is 6.32. The van der Waals surface area contributed by atoms with E-state index in [9.17, 15) is 19.5 Å². The van der Waals surface area contributed by atoms with Crippen LogP contribution in [0.5, 0.6) is 0 Å². The SMILES string of the molecule is C=C(C)C(=O)OC(CC(CC(O)CC(C)N1CCCC1=O)OC(C)=O)CC(CC)n1c2ccccc2c2ccccc21. The highest BCUT2D eigenvalue weighted by atomic mass is 16.6. The quantitative estimate of drug-likeness (QED) is 0.184. The standard InChI is InChI=1S/C34H44N2O6/c1-6-25(36-31-14-9-7-12-29(31)30-13-8-10-15-32(30)36)19-27(42-34(40)22(2)3)21-28(41-24(5)37)20-26(38)18-23(4)35-17-11-16-33(35)39/h7-10,12-15,23,25-28,38H,2,6,11,16-21H2,1,3-5H3. The van der Waals surface area contributed by atoms with Crippen LogP contribution < -0.4 is 0 Å². The fraction of sp³-hybridized carbons (Fsp3) is 0.500. The van der Waals surface area contributed by atoms with E-state index in [0.717, 1.165) is 34.6 Å². The summed E-state index contributed by atoms with van der Waals surface area (Å²) in [5, 5.41) is 13.3. The van der Waals surface area contributed by atoms with Crippen molar-refractivity contribution < 1.29 is 29.0 Å². The second-order valence-corrected chi connectivity index (χ2v) is 11.6. The summed E-state index contributed by atoms with van der Waals surface area (Å²) in [4.78, 5) is 38.8. The van der Waals surface area contributed by atoms with E-state index in [4.69, 9.17) is 9.47 Å². The monoisotopic (exact) mass is 576 g/mol. The van der Waals surface area contributed by atoms with Crippen LogP contribution in [-0.4, -0.2) is 63.3 Å². The molecule has 5 unspecified atom stereocenters. The van der Waals surface area contributed by atoms with Gasteiger partial charge in [-0.1, -0.05) is 49.9 Å². The molecule has 226 valence electrons. The molecule has 0 saturated carbocycles. The zero-order chi connectivity index (χ0) is 30.4. The highest BCUT2D eigenvalue weighted by Gasteiger charge is 2.31. The van der Waals surface area contributed by atoms with E-state index in [2.05, 4.69) is 42.3 Å². The first-order valence-corrected chi connectivity index (χ1v) is 15.1. The Labute approximate surface area is 248 Å². The first kappa shape index (κ1) is 31.3. The second kappa shape index (κ2) is 14.0. The first-order valence-electron chi connectivity index (χ1n) is 15.1. The largest absolute Gasteiger partial charge is 0.462 e. The number of esters is 2. The molecular formula is C34H44N2O6. The third-order valence-corrected chi connectivity index (χ3v) is 8.26. The van der Waals surface area contributed by atoms with Gasteiger partial charge in [-0.15, -0.1) is 0 Å². The Bertz CT molecular complexity index is 1370. The van der Waals surface area contributed by atoms with Gasteiger partial charge >= 0.3 is 11.9 Å². The maximum atomic E-state index is 12.8. The lowest BCUT2D eigenvalue weighted by atomic mass is 9.96. The molecule has 1 saturated heterocycles. The number of aliphatic hydroxyl groups excluding tert-OH is 1. The molecule has 0 spiro atoms. The summed E-state index contributed by atoms with van der Waals surface area (Å²) >= 11 is 0. The van der Waals surface area contributed by atoms with Gasteiger partial charge in [0.25, 0.3) is 0 Å². The van der Waals surface area contributed by atoms with Gasteiger partial charge in [-0.2, -0.15) is 0 Å². The number of nitrogens with zero attached hydrogens (tertiary/aromatic N) is 2. The van der Waals surface area contributed by atoms with Crippen molar-refractivity contribution in [2.24, 2.45) is 0 Å². The van der Waals surface area contributed by atoms with Gasteiger partial charge in [-0.3, -0.25) is 9.59 Å². The number of aromatic nitrogens is 1. The molecule has 3 aromatic rings. The van der Waals surface area contributed by atoms with Crippen LogP contribution in [0.15, 0.2) is 60.7 Å². The zero-order valence-electron chi connectivity index (χ0n) is 25.3. The first-order chi connectivity index (χ1) is 20.1. The number of carbonyl (C=O) groups excluding carboxylic acids is 3. The molecule has 1 amide bonds. The summed E-state index contributed by atoms with van der Waals surface area (Å²) in [6.45, 7) is 11.4. The van der Waals surface area contributed by atoms with Crippen LogP contribution in [0.25, 0.3) is 21.8 Å². The molecule has 2 aromatic carbocycles. The summed E-state index contributed by atoms with van der Waals surface area (Å²) in [6, 6.07) is 16.4. The van der Waals surface area contributed by atoms with Crippen LogP contribution >= 0.6 is 0 Å². The Morgan fingerprint density at radius 1 is 0.929 bits per heavy atom. The van der Waals surface area contributed by atoms with Crippen molar-refractivity contribution in [3.05, 3.63) is 60.7 Å². The van der Waals surface area contributed by atoms with E-state index < -0.39 is 30.3 Å². The molecule has 1 aliphatic heterocycles. The highest BCUT2D eigenvalue weighted by molar-refractivity contribution is 6.08. The van der Waals surface area contributed by atoms with Gasteiger partial charge in [0.2, 0.25) is 5.91 Å². The third-order valence-electron chi connectivity index (χ3n) is 8.26. The maximum Gasteiger partial charge on any atom is 0.333 e. The van der Waals surface area contributed by atoms with E-state index >= 15 is 0 Å². The van der Waals surface area contributed by atoms with Crippen molar-refractivity contribution in [2.45, 2.75) is 103 Å². The molecule has 1 aromatic heterocycles. The lowest BCUT2D eigenvalue weighted by Crippen LogP contribution is -2.38. The predicted octanol–water partition coefficient (Wildman–Crippen LogP) is 6.10. The van der Waals surface area contributed by atoms with Gasteiger partial charge < -0.3 is 24.0 Å². The van der Waals surface area contributed by atoms with Gasteiger partial charge in [0, 0.05) is 78.6 Å². The summed E-state index contributed by atoms with van der Waals surface area (Å²) < 4.78 is 13.9. The van der Waals surface area contributed by atoms with Crippen LogP contribution in [-0.2, 0) is 23.9 Å². The molecule has 8 heteroatoms. The van der Waals surface area contributed by atoms with Crippen LogP contribution in [0.4, 0.5) is 0 Å². The Kier molecular flexibility index (Phi) is 10.4. The number of hydrogen-bond acceptors (Lipinski definition) is 6. The maximum absolute atomic E-state index is 12.8. The van der Waals surface area contributed by atoms with Crippen molar-refractivity contribution >= 4 is 39.7 Å². The van der Waals surface area contributed by atoms with E-state index in [1.165, 1.54) is 6.92 Å². The van der Waals surface area contributed by atoms with Crippen molar-refractivity contribution in [3.63, 3.8) is 0 Å². The summed E-state index contributed by atoms with van der Waals surface area (Å²) in [6.07, 6.45) is 1.38. The minimum atomic E-state index is -0.797. The van der Waals surface area contributed by atoms with Crippen LogP contribution in [0, 0.1) is 0 Å². The van der Waals surface area contributed by atoms with Crippen LogP contribution in [0.3, 0.4) is 0 Å². The fourth-order valence-electron chi connectivity index (χ4n) is 6.32. The summed E-state index contributed by atoms with van der Waals surface area (Å²) in [5.41, 5.74) is 2.50. The molecule has 2 heterocycles. The highest BCUT2D eigenvalue weighted by Crippen LogP contribution is 2.35. The van der Waals surface area contributed by atoms with Crippen molar-refractivity contribution in [2.75, 3.05) is 6.54 Å². The topological polar surface area (TPSA) is 98.1 Å². The van der Waals surface area contributed by atoms with Crippen LogP contribution in [0.1, 0.15) is 78.7 Å². The number of carbonyl (C=O) groups is 3.